The molecular weight excluding hydrogens is 200 g/mol. The molecule has 0 unspecified atom stereocenters. The highest BCUT2D eigenvalue weighted by Gasteiger charge is 2.32. The smallest absolute Gasteiger partial charge is 0.222 e. The number of carbonyl (C=O) groups is 1. The predicted octanol–water partition coefficient (Wildman–Crippen LogP) is 1.88. The quantitative estimate of drug-likeness (QED) is 0.794. The normalized spacial score (nSPS) is 24.1. The van der Waals surface area contributed by atoms with Gasteiger partial charge in [0.15, 0.2) is 0 Å². The Morgan fingerprint density at radius 2 is 1.94 bits per heavy atom. The van der Waals surface area contributed by atoms with E-state index in [1.54, 1.807) is 0 Å². The molecule has 0 spiro atoms. The number of hydrogen-bond donors (Lipinski definition) is 1. The van der Waals surface area contributed by atoms with Crippen molar-refractivity contribution in [2.75, 3.05) is 13.6 Å². The molecule has 0 radical (unpaired) electrons. The molecule has 1 saturated heterocycles. The minimum absolute atomic E-state index is 0.0768. The van der Waals surface area contributed by atoms with Crippen molar-refractivity contribution >= 4 is 5.91 Å². The second-order valence-electron chi connectivity index (χ2n) is 5.62. The standard InChI is InChI=1S/C13H26N2O/c1-9(2)12(14-13(16)10(3)4)11-7-6-8-15(11)5/h9-12H,6-8H2,1-5H3,(H,14,16)/t11-,12+/m1/s1. The van der Waals surface area contributed by atoms with Gasteiger partial charge in [-0.3, -0.25) is 4.79 Å². The Morgan fingerprint density at radius 3 is 2.31 bits per heavy atom. The van der Waals surface area contributed by atoms with Crippen molar-refractivity contribution in [2.45, 2.75) is 52.6 Å². The van der Waals surface area contributed by atoms with Crippen LogP contribution in [0.25, 0.3) is 0 Å². The van der Waals surface area contributed by atoms with Gasteiger partial charge in [0.1, 0.15) is 0 Å². The summed E-state index contributed by atoms with van der Waals surface area (Å²) in [7, 11) is 2.16. The van der Waals surface area contributed by atoms with Crippen LogP contribution in [0.1, 0.15) is 40.5 Å². The summed E-state index contributed by atoms with van der Waals surface area (Å²) in [6.45, 7) is 9.44. The molecule has 1 aliphatic heterocycles. The van der Waals surface area contributed by atoms with Crippen molar-refractivity contribution in [2.24, 2.45) is 11.8 Å². The third kappa shape index (κ3) is 3.21. The summed E-state index contributed by atoms with van der Waals surface area (Å²) in [5.74, 6) is 0.750. The molecule has 1 rings (SSSR count). The molecule has 1 N–H and O–H groups in total. The fraction of sp³-hybridized carbons (Fsp3) is 0.923. The van der Waals surface area contributed by atoms with Crippen molar-refractivity contribution in [1.29, 1.82) is 0 Å². The van der Waals surface area contributed by atoms with Crippen LogP contribution in [-0.4, -0.2) is 36.5 Å². The maximum Gasteiger partial charge on any atom is 0.222 e. The zero-order valence-electron chi connectivity index (χ0n) is 11.3. The van der Waals surface area contributed by atoms with Crippen molar-refractivity contribution in [3.8, 4) is 0 Å². The first-order valence-corrected chi connectivity index (χ1v) is 6.44. The molecule has 1 amide bonds. The summed E-state index contributed by atoms with van der Waals surface area (Å²) in [6.07, 6.45) is 2.46. The largest absolute Gasteiger partial charge is 0.351 e. The molecule has 1 aliphatic rings. The summed E-state index contributed by atoms with van der Waals surface area (Å²) in [5, 5.41) is 3.21. The SMILES string of the molecule is CC(C)C(=O)N[C@@H](C(C)C)[C@H]1CCCN1C. The minimum atomic E-state index is 0.0768. The van der Waals surface area contributed by atoms with Crippen molar-refractivity contribution in [3.05, 3.63) is 0 Å². The molecule has 3 heteroatoms. The molecular formula is C13H26N2O. The van der Waals surface area contributed by atoms with Crippen molar-refractivity contribution in [3.63, 3.8) is 0 Å². The number of carbonyl (C=O) groups excluding carboxylic acids is 1. The van der Waals surface area contributed by atoms with E-state index in [2.05, 4.69) is 31.1 Å². The maximum absolute atomic E-state index is 11.8. The summed E-state index contributed by atoms with van der Waals surface area (Å²) in [6, 6.07) is 0.810. The Morgan fingerprint density at radius 1 is 1.31 bits per heavy atom. The summed E-state index contributed by atoms with van der Waals surface area (Å²) < 4.78 is 0. The highest BCUT2D eigenvalue weighted by Crippen LogP contribution is 2.22. The third-order valence-corrected chi connectivity index (χ3v) is 3.54. The van der Waals surface area contributed by atoms with Gasteiger partial charge in [0.25, 0.3) is 0 Å². The Bertz CT molecular complexity index is 238. The fourth-order valence-corrected chi connectivity index (χ4v) is 2.43. The van der Waals surface area contributed by atoms with E-state index in [0.717, 1.165) is 6.54 Å². The van der Waals surface area contributed by atoms with Gasteiger partial charge in [0, 0.05) is 18.0 Å². The predicted molar refractivity (Wildman–Crippen MR) is 67.3 cm³/mol. The topological polar surface area (TPSA) is 32.3 Å². The zero-order chi connectivity index (χ0) is 12.3. The number of nitrogens with zero attached hydrogens (tertiary/aromatic N) is 1. The molecule has 0 bridgehead atoms. The zero-order valence-corrected chi connectivity index (χ0v) is 11.3. The van der Waals surface area contributed by atoms with Crippen LogP contribution < -0.4 is 5.32 Å². The molecule has 16 heavy (non-hydrogen) atoms. The van der Waals surface area contributed by atoms with E-state index in [1.807, 2.05) is 13.8 Å². The molecule has 0 saturated carbocycles. The Hall–Kier alpha value is -0.570. The van der Waals surface area contributed by atoms with E-state index in [1.165, 1.54) is 12.8 Å². The van der Waals surface area contributed by atoms with Gasteiger partial charge in [0.05, 0.1) is 0 Å². The van der Waals surface area contributed by atoms with Crippen LogP contribution in [0.5, 0.6) is 0 Å². The number of nitrogens with one attached hydrogen (secondary N) is 1. The molecule has 0 aromatic rings. The second-order valence-corrected chi connectivity index (χ2v) is 5.62. The third-order valence-electron chi connectivity index (χ3n) is 3.54. The van der Waals surface area contributed by atoms with Crippen molar-refractivity contribution in [1.82, 2.24) is 10.2 Å². The van der Waals surface area contributed by atoms with E-state index < -0.39 is 0 Å². The van der Waals surface area contributed by atoms with Crippen LogP contribution in [0.2, 0.25) is 0 Å². The van der Waals surface area contributed by atoms with E-state index in [4.69, 9.17) is 0 Å². The van der Waals surface area contributed by atoms with Gasteiger partial charge in [-0.25, -0.2) is 0 Å². The first-order valence-electron chi connectivity index (χ1n) is 6.44. The van der Waals surface area contributed by atoms with Crippen LogP contribution in [0.4, 0.5) is 0 Å². The number of likely N-dealkylation sites (N-methyl/N-ethyl adjacent to an activating group) is 1. The van der Waals surface area contributed by atoms with E-state index in [0.29, 0.717) is 18.0 Å². The van der Waals surface area contributed by atoms with Gasteiger partial charge in [-0.05, 0) is 32.4 Å². The van der Waals surface area contributed by atoms with Crippen LogP contribution in [0.3, 0.4) is 0 Å². The average molecular weight is 226 g/mol. The average Bonchev–Trinajstić information content (AvgIpc) is 2.59. The van der Waals surface area contributed by atoms with Gasteiger partial charge in [-0.15, -0.1) is 0 Å². The molecule has 0 aromatic heterocycles. The van der Waals surface area contributed by atoms with Crippen LogP contribution in [0.15, 0.2) is 0 Å². The Labute approximate surface area is 99.6 Å². The number of likely N-dealkylation sites (tertiary alicyclic amines) is 1. The lowest BCUT2D eigenvalue weighted by Gasteiger charge is -2.33. The Kier molecular flexibility index (Phi) is 4.78. The van der Waals surface area contributed by atoms with Crippen LogP contribution in [-0.2, 0) is 4.79 Å². The van der Waals surface area contributed by atoms with Crippen LogP contribution in [0, 0.1) is 11.8 Å². The first kappa shape index (κ1) is 13.5. The molecule has 3 nitrogen and oxygen atoms in total. The monoisotopic (exact) mass is 226 g/mol. The molecule has 0 aliphatic carbocycles. The fourth-order valence-electron chi connectivity index (χ4n) is 2.43. The van der Waals surface area contributed by atoms with Gasteiger partial charge in [-0.1, -0.05) is 27.7 Å². The lowest BCUT2D eigenvalue weighted by molar-refractivity contribution is -0.125. The van der Waals surface area contributed by atoms with Gasteiger partial charge < -0.3 is 10.2 Å². The van der Waals surface area contributed by atoms with Gasteiger partial charge in [-0.2, -0.15) is 0 Å². The second kappa shape index (κ2) is 5.67. The lowest BCUT2D eigenvalue weighted by atomic mass is 9.94. The van der Waals surface area contributed by atoms with E-state index >= 15 is 0 Å². The molecule has 94 valence electrons. The maximum atomic E-state index is 11.8. The van der Waals surface area contributed by atoms with Crippen molar-refractivity contribution < 1.29 is 4.79 Å². The molecule has 1 heterocycles. The first-order chi connectivity index (χ1) is 7.43. The summed E-state index contributed by atoms with van der Waals surface area (Å²) >= 11 is 0. The van der Waals surface area contributed by atoms with E-state index in [9.17, 15) is 4.79 Å². The molecule has 1 fully saturated rings. The number of amides is 1. The molecule has 0 aromatic carbocycles. The summed E-state index contributed by atoms with van der Waals surface area (Å²) in [5.41, 5.74) is 0. The highest BCUT2D eigenvalue weighted by atomic mass is 16.1. The Balaban J connectivity index is 2.64. The van der Waals surface area contributed by atoms with Crippen LogP contribution >= 0.6 is 0 Å². The number of rotatable bonds is 4. The van der Waals surface area contributed by atoms with Gasteiger partial charge >= 0.3 is 0 Å². The summed E-state index contributed by atoms with van der Waals surface area (Å²) in [4.78, 5) is 14.2. The number of hydrogen-bond acceptors (Lipinski definition) is 2. The lowest BCUT2D eigenvalue weighted by Crippen LogP contribution is -2.51. The van der Waals surface area contributed by atoms with E-state index in [-0.39, 0.29) is 11.8 Å². The molecule has 2 atom stereocenters. The highest BCUT2D eigenvalue weighted by molar-refractivity contribution is 5.78. The van der Waals surface area contributed by atoms with Gasteiger partial charge in [0.2, 0.25) is 5.91 Å². The minimum Gasteiger partial charge on any atom is -0.351 e.